The Hall–Kier alpha value is -2.90. The molecule has 0 spiro atoms. The number of carbonyl (C=O) groups excluding carboxylic acids is 1. The fraction of sp³-hybridized carbons (Fsp3) is 0.375. The van der Waals surface area contributed by atoms with E-state index in [2.05, 4.69) is 20.3 Å². The van der Waals surface area contributed by atoms with Gasteiger partial charge in [0.15, 0.2) is 11.9 Å². The molecule has 0 aliphatic carbocycles. The summed E-state index contributed by atoms with van der Waals surface area (Å²) < 4.78 is 15.7. The van der Waals surface area contributed by atoms with Gasteiger partial charge in [0.05, 0.1) is 20.8 Å². The molecular weight excluding hydrogens is 312 g/mol. The number of benzene rings is 1. The fourth-order valence-corrected chi connectivity index (χ4v) is 2.43. The van der Waals surface area contributed by atoms with E-state index in [4.69, 9.17) is 14.2 Å². The maximum atomic E-state index is 12.3. The van der Waals surface area contributed by atoms with E-state index in [1.807, 2.05) is 24.3 Å². The van der Waals surface area contributed by atoms with Gasteiger partial charge in [-0.05, 0) is 24.5 Å². The molecule has 1 aromatic carbocycles. The van der Waals surface area contributed by atoms with Crippen molar-refractivity contribution in [2.75, 3.05) is 14.2 Å². The molecule has 8 nitrogen and oxygen atoms in total. The van der Waals surface area contributed by atoms with Gasteiger partial charge in [-0.15, -0.1) is 4.98 Å². The lowest BCUT2D eigenvalue weighted by molar-refractivity contribution is -0.128. The lowest BCUT2D eigenvalue weighted by Crippen LogP contribution is -2.40. The number of aromatic nitrogens is 3. The van der Waals surface area contributed by atoms with Crippen LogP contribution in [0.2, 0.25) is 0 Å². The number of rotatable bonds is 5. The van der Waals surface area contributed by atoms with E-state index in [9.17, 15) is 4.79 Å². The van der Waals surface area contributed by atoms with Crippen molar-refractivity contribution in [3.05, 3.63) is 35.7 Å². The number of hydrogen-bond acceptors (Lipinski definition) is 7. The Morgan fingerprint density at radius 3 is 2.62 bits per heavy atom. The average Bonchev–Trinajstić information content (AvgIpc) is 2.65. The van der Waals surface area contributed by atoms with E-state index in [1.165, 1.54) is 14.2 Å². The highest BCUT2D eigenvalue weighted by molar-refractivity contribution is 5.81. The van der Waals surface area contributed by atoms with Crippen molar-refractivity contribution in [1.29, 1.82) is 0 Å². The molecule has 1 aliphatic rings. The van der Waals surface area contributed by atoms with Crippen molar-refractivity contribution >= 4 is 5.91 Å². The van der Waals surface area contributed by atoms with Crippen LogP contribution in [0.4, 0.5) is 0 Å². The Kier molecular flexibility index (Phi) is 4.74. The first-order chi connectivity index (χ1) is 11.7. The Morgan fingerprint density at radius 2 is 1.92 bits per heavy atom. The number of para-hydroxylation sites is 1. The molecule has 8 heteroatoms. The van der Waals surface area contributed by atoms with Gasteiger partial charge in [-0.1, -0.05) is 18.2 Å². The number of ether oxygens (including phenoxy) is 3. The van der Waals surface area contributed by atoms with Crippen LogP contribution in [0.3, 0.4) is 0 Å². The zero-order valence-electron chi connectivity index (χ0n) is 13.5. The van der Waals surface area contributed by atoms with Gasteiger partial charge in [0.2, 0.25) is 0 Å². The second-order valence-corrected chi connectivity index (χ2v) is 5.20. The van der Waals surface area contributed by atoms with Gasteiger partial charge in [0, 0.05) is 0 Å². The van der Waals surface area contributed by atoms with Crippen LogP contribution in [0.1, 0.15) is 17.8 Å². The van der Waals surface area contributed by atoms with Gasteiger partial charge in [0.1, 0.15) is 5.75 Å². The third-order valence-corrected chi connectivity index (χ3v) is 3.64. The van der Waals surface area contributed by atoms with Crippen molar-refractivity contribution < 1.29 is 19.0 Å². The van der Waals surface area contributed by atoms with Crippen LogP contribution in [0.15, 0.2) is 24.3 Å². The quantitative estimate of drug-likeness (QED) is 0.870. The predicted octanol–water partition coefficient (Wildman–Crippen LogP) is 0.899. The van der Waals surface area contributed by atoms with Crippen LogP contribution >= 0.6 is 0 Å². The van der Waals surface area contributed by atoms with Gasteiger partial charge in [0.25, 0.3) is 5.91 Å². The highest BCUT2D eigenvalue weighted by Crippen LogP contribution is 2.27. The third kappa shape index (κ3) is 3.53. The molecule has 1 amide bonds. The maximum Gasteiger partial charge on any atom is 0.322 e. The summed E-state index contributed by atoms with van der Waals surface area (Å²) in [4.78, 5) is 24.4. The van der Waals surface area contributed by atoms with Crippen LogP contribution in [-0.4, -0.2) is 41.2 Å². The molecule has 2 aromatic rings. The maximum absolute atomic E-state index is 12.3. The average molecular weight is 330 g/mol. The summed E-state index contributed by atoms with van der Waals surface area (Å²) in [5.41, 5.74) is 1.12. The molecule has 3 rings (SSSR count). The van der Waals surface area contributed by atoms with Crippen LogP contribution in [-0.2, 0) is 17.8 Å². The molecule has 0 saturated heterocycles. The Bertz CT molecular complexity index is 716. The van der Waals surface area contributed by atoms with E-state index >= 15 is 0 Å². The molecule has 1 N–H and O–H groups in total. The molecule has 1 aliphatic heterocycles. The van der Waals surface area contributed by atoms with Crippen LogP contribution in [0, 0.1) is 0 Å². The van der Waals surface area contributed by atoms with Crippen molar-refractivity contribution in [3.8, 4) is 17.8 Å². The SMILES string of the molecule is COc1nc(CNC(=O)C2CCc3ccccc3O2)nc(OC)n1. The Labute approximate surface area is 139 Å². The second kappa shape index (κ2) is 7.12. The molecule has 0 radical (unpaired) electrons. The van der Waals surface area contributed by atoms with E-state index in [1.54, 1.807) is 0 Å². The monoisotopic (exact) mass is 330 g/mol. The number of fused-ring (bicyclic) bond motifs is 1. The van der Waals surface area contributed by atoms with Gasteiger partial charge >= 0.3 is 12.0 Å². The lowest BCUT2D eigenvalue weighted by atomic mass is 10.0. The van der Waals surface area contributed by atoms with Crippen molar-refractivity contribution in [2.24, 2.45) is 0 Å². The van der Waals surface area contributed by atoms with Crippen molar-refractivity contribution in [3.63, 3.8) is 0 Å². The smallest absolute Gasteiger partial charge is 0.322 e. The number of nitrogens with zero attached hydrogens (tertiary/aromatic N) is 3. The first kappa shape index (κ1) is 16.0. The third-order valence-electron chi connectivity index (χ3n) is 3.64. The summed E-state index contributed by atoms with van der Waals surface area (Å²) in [6.07, 6.45) is 0.916. The van der Waals surface area contributed by atoms with Crippen LogP contribution < -0.4 is 19.5 Å². The molecular formula is C16H18N4O4. The number of aryl methyl sites for hydroxylation is 1. The Balaban J connectivity index is 1.62. The van der Waals surface area contributed by atoms with Gasteiger partial charge in [-0.2, -0.15) is 9.97 Å². The highest BCUT2D eigenvalue weighted by Gasteiger charge is 2.25. The van der Waals surface area contributed by atoms with E-state index in [0.29, 0.717) is 12.2 Å². The highest BCUT2D eigenvalue weighted by atomic mass is 16.5. The number of carbonyl (C=O) groups is 1. The van der Waals surface area contributed by atoms with Crippen molar-refractivity contribution in [2.45, 2.75) is 25.5 Å². The Morgan fingerprint density at radius 1 is 1.21 bits per heavy atom. The lowest BCUT2D eigenvalue weighted by Gasteiger charge is -2.25. The zero-order valence-corrected chi connectivity index (χ0v) is 13.5. The molecule has 1 aromatic heterocycles. The number of amides is 1. The normalized spacial score (nSPS) is 15.8. The van der Waals surface area contributed by atoms with Crippen LogP contribution in [0.5, 0.6) is 17.8 Å². The topological polar surface area (TPSA) is 95.5 Å². The molecule has 2 heterocycles. The summed E-state index contributed by atoms with van der Waals surface area (Å²) in [5, 5.41) is 2.77. The first-order valence-corrected chi connectivity index (χ1v) is 7.55. The molecule has 126 valence electrons. The molecule has 24 heavy (non-hydrogen) atoms. The van der Waals surface area contributed by atoms with E-state index in [0.717, 1.165) is 17.7 Å². The van der Waals surface area contributed by atoms with Crippen molar-refractivity contribution in [1.82, 2.24) is 20.3 Å². The minimum absolute atomic E-state index is 0.133. The first-order valence-electron chi connectivity index (χ1n) is 7.55. The summed E-state index contributed by atoms with van der Waals surface area (Å²) in [5.74, 6) is 0.901. The number of nitrogens with one attached hydrogen (secondary N) is 1. The minimum Gasteiger partial charge on any atom is -0.480 e. The summed E-state index contributed by atoms with van der Waals surface area (Å²) in [6.45, 7) is 0.135. The largest absolute Gasteiger partial charge is 0.480 e. The fourth-order valence-electron chi connectivity index (χ4n) is 2.43. The standard InChI is InChI=1S/C16H18N4O4/c1-22-15-18-13(19-16(20-15)23-2)9-17-14(21)12-8-7-10-5-3-4-6-11(10)24-12/h3-6,12H,7-9H2,1-2H3,(H,17,21). The van der Waals surface area contributed by atoms with Gasteiger partial charge in [-0.25, -0.2) is 0 Å². The summed E-state index contributed by atoms with van der Waals surface area (Å²) in [6, 6.07) is 8.00. The molecule has 0 fully saturated rings. The second-order valence-electron chi connectivity index (χ2n) is 5.20. The number of methoxy groups -OCH3 is 2. The minimum atomic E-state index is -0.523. The predicted molar refractivity (Wildman–Crippen MR) is 84.0 cm³/mol. The molecule has 1 unspecified atom stereocenters. The van der Waals surface area contributed by atoms with Gasteiger partial charge in [-0.3, -0.25) is 4.79 Å². The summed E-state index contributed by atoms with van der Waals surface area (Å²) in [7, 11) is 2.90. The van der Waals surface area contributed by atoms with Gasteiger partial charge < -0.3 is 19.5 Å². The summed E-state index contributed by atoms with van der Waals surface area (Å²) >= 11 is 0. The molecule has 0 bridgehead atoms. The van der Waals surface area contributed by atoms with Crippen LogP contribution in [0.25, 0.3) is 0 Å². The molecule has 0 saturated carbocycles. The zero-order chi connectivity index (χ0) is 16.9. The van der Waals surface area contributed by atoms with E-state index in [-0.39, 0.29) is 24.5 Å². The molecule has 1 atom stereocenters. The number of hydrogen-bond donors (Lipinski definition) is 1. The van der Waals surface area contributed by atoms with E-state index < -0.39 is 6.10 Å².